The molecule has 0 atom stereocenters. The number of fused-ring (bicyclic) bond motifs is 1. The molecule has 0 spiro atoms. The van der Waals surface area contributed by atoms with Gasteiger partial charge in [-0.05, 0) is 30.3 Å². The van der Waals surface area contributed by atoms with E-state index in [1.54, 1.807) is 28.8 Å². The third-order valence-electron chi connectivity index (χ3n) is 2.78. The van der Waals surface area contributed by atoms with E-state index < -0.39 is 5.82 Å². The van der Waals surface area contributed by atoms with E-state index in [0.29, 0.717) is 27.7 Å². The Morgan fingerprint density at radius 3 is 2.68 bits per heavy atom. The summed E-state index contributed by atoms with van der Waals surface area (Å²) < 4.78 is 15.0. The van der Waals surface area contributed by atoms with Crippen molar-refractivity contribution in [2.24, 2.45) is 0 Å². The van der Waals surface area contributed by atoms with E-state index in [1.807, 2.05) is 0 Å². The van der Waals surface area contributed by atoms with Gasteiger partial charge in [-0.15, -0.1) is 0 Å². The number of nitrogen functional groups attached to an aromatic ring is 1. The molecule has 2 aromatic heterocycles. The maximum absolute atomic E-state index is 13.4. The van der Waals surface area contributed by atoms with Gasteiger partial charge < -0.3 is 5.73 Å². The van der Waals surface area contributed by atoms with Crippen LogP contribution in [-0.4, -0.2) is 9.38 Å². The number of benzene rings is 1. The molecule has 3 aromatic rings. The first-order chi connectivity index (χ1) is 9.06. The molecule has 0 saturated carbocycles. The number of nitrogens with two attached hydrogens (primary N) is 1. The number of hydrogen-bond donors (Lipinski definition) is 1. The standard InChI is InChI=1S/C13H8Cl2FN3/c14-8-4-7(5-9(16)6-8)11-12(17)19-3-1-2-10(15)13(19)18-11/h1-6H,17H2. The number of pyridine rings is 1. The maximum Gasteiger partial charge on any atom is 0.157 e. The van der Waals surface area contributed by atoms with Crippen LogP contribution < -0.4 is 5.73 Å². The van der Waals surface area contributed by atoms with Crippen LogP contribution >= 0.6 is 23.2 Å². The van der Waals surface area contributed by atoms with Crippen molar-refractivity contribution in [3.8, 4) is 11.3 Å². The summed E-state index contributed by atoms with van der Waals surface area (Å²) in [6, 6.07) is 7.64. The fourth-order valence-electron chi connectivity index (χ4n) is 1.96. The zero-order chi connectivity index (χ0) is 13.6. The molecule has 0 aliphatic carbocycles. The number of halogens is 3. The summed E-state index contributed by atoms with van der Waals surface area (Å²) in [5, 5.41) is 0.764. The molecule has 0 bridgehead atoms. The van der Waals surface area contributed by atoms with Crippen molar-refractivity contribution in [2.75, 3.05) is 5.73 Å². The highest BCUT2D eigenvalue weighted by Crippen LogP contribution is 2.31. The lowest BCUT2D eigenvalue weighted by molar-refractivity contribution is 0.628. The fraction of sp³-hybridized carbons (Fsp3) is 0. The molecule has 2 N–H and O–H groups in total. The molecule has 3 nitrogen and oxygen atoms in total. The molecule has 3 rings (SSSR count). The molecule has 0 saturated heterocycles. The Hall–Kier alpha value is -1.78. The lowest BCUT2D eigenvalue weighted by Crippen LogP contribution is -1.94. The summed E-state index contributed by atoms with van der Waals surface area (Å²) in [7, 11) is 0. The number of hydrogen-bond acceptors (Lipinski definition) is 2. The van der Waals surface area contributed by atoms with Crippen LogP contribution in [0.2, 0.25) is 10.0 Å². The first kappa shape index (κ1) is 12.3. The molecule has 1 aromatic carbocycles. The summed E-state index contributed by atoms with van der Waals surface area (Å²) in [6.07, 6.45) is 1.74. The van der Waals surface area contributed by atoms with Crippen LogP contribution in [0.15, 0.2) is 36.5 Å². The van der Waals surface area contributed by atoms with Gasteiger partial charge in [-0.3, -0.25) is 4.40 Å². The number of anilines is 1. The van der Waals surface area contributed by atoms with Gasteiger partial charge in [0, 0.05) is 16.8 Å². The normalized spacial score (nSPS) is 11.1. The maximum atomic E-state index is 13.4. The molecule has 2 heterocycles. The number of rotatable bonds is 1. The van der Waals surface area contributed by atoms with Gasteiger partial charge in [0.15, 0.2) is 5.65 Å². The average molecular weight is 296 g/mol. The highest BCUT2D eigenvalue weighted by atomic mass is 35.5. The third-order valence-corrected chi connectivity index (χ3v) is 3.29. The predicted molar refractivity (Wildman–Crippen MR) is 75.0 cm³/mol. The van der Waals surface area contributed by atoms with Crippen molar-refractivity contribution in [1.29, 1.82) is 0 Å². The Balaban J connectivity index is 2.31. The van der Waals surface area contributed by atoms with Gasteiger partial charge >= 0.3 is 0 Å². The molecule has 0 unspecified atom stereocenters. The SMILES string of the molecule is Nc1c(-c2cc(F)cc(Cl)c2)nc2c(Cl)cccn12. The zero-order valence-electron chi connectivity index (χ0n) is 9.57. The Bertz CT molecular complexity index is 763. The van der Waals surface area contributed by atoms with E-state index >= 15 is 0 Å². The largest absolute Gasteiger partial charge is 0.383 e. The summed E-state index contributed by atoms with van der Waals surface area (Å²) in [4.78, 5) is 4.34. The van der Waals surface area contributed by atoms with E-state index in [-0.39, 0.29) is 5.02 Å². The van der Waals surface area contributed by atoms with Gasteiger partial charge in [0.25, 0.3) is 0 Å². The Morgan fingerprint density at radius 2 is 2.00 bits per heavy atom. The number of aromatic nitrogens is 2. The highest BCUT2D eigenvalue weighted by molar-refractivity contribution is 6.33. The summed E-state index contributed by atoms with van der Waals surface area (Å²) >= 11 is 11.9. The molecule has 0 radical (unpaired) electrons. The van der Waals surface area contributed by atoms with Crippen LogP contribution in [0, 0.1) is 5.82 Å². The van der Waals surface area contributed by atoms with E-state index in [0.717, 1.165) is 0 Å². The fourth-order valence-corrected chi connectivity index (χ4v) is 2.38. The third kappa shape index (κ3) is 2.03. The lowest BCUT2D eigenvalue weighted by Gasteiger charge is -2.01. The second-order valence-corrected chi connectivity index (χ2v) is 4.90. The first-order valence-electron chi connectivity index (χ1n) is 5.45. The number of nitrogens with zero attached hydrogens (tertiary/aromatic N) is 2. The van der Waals surface area contributed by atoms with Crippen molar-refractivity contribution in [3.63, 3.8) is 0 Å². The van der Waals surface area contributed by atoms with Gasteiger partial charge in [-0.1, -0.05) is 23.2 Å². The van der Waals surface area contributed by atoms with Crippen molar-refractivity contribution in [3.05, 3.63) is 52.4 Å². The van der Waals surface area contributed by atoms with Gasteiger partial charge in [0.2, 0.25) is 0 Å². The quantitative estimate of drug-likeness (QED) is 0.736. The topological polar surface area (TPSA) is 43.3 Å². The predicted octanol–water partition coefficient (Wildman–Crippen LogP) is 4.03. The molecule has 6 heteroatoms. The minimum absolute atomic E-state index is 0.289. The zero-order valence-corrected chi connectivity index (χ0v) is 11.1. The van der Waals surface area contributed by atoms with E-state index in [1.165, 1.54) is 12.1 Å². The van der Waals surface area contributed by atoms with Gasteiger partial charge in [0.1, 0.15) is 17.3 Å². The minimum Gasteiger partial charge on any atom is -0.383 e. The Kier molecular flexibility index (Phi) is 2.84. The molecule has 0 aliphatic heterocycles. The van der Waals surface area contributed by atoms with Crippen LogP contribution in [0.1, 0.15) is 0 Å². The molecule has 0 amide bonds. The summed E-state index contributed by atoms with van der Waals surface area (Å²) in [5.74, 6) is -0.0516. The van der Waals surface area contributed by atoms with E-state index in [9.17, 15) is 4.39 Å². The van der Waals surface area contributed by atoms with Crippen LogP contribution in [0.5, 0.6) is 0 Å². The highest BCUT2D eigenvalue weighted by Gasteiger charge is 2.14. The monoisotopic (exact) mass is 295 g/mol. The van der Waals surface area contributed by atoms with E-state index in [4.69, 9.17) is 28.9 Å². The lowest BCUT2D eigenvalue weighted by atomic mass is 10.1. The Morgan fingerprint density at radius 1 is 1.21 bits per heavy atom. The van der Waals surface area contributed by atoms with E-state index in [2.05, 4.69) is 4.98 Å². The number of imidazole rings is 1. The van der Waals surface area contributed by atoms with Crippen molar-refractivity contribution < 1.29 is 4.39 Å². The molecule has 0 fully saturated rings. The van der Waals surface area contributed by atoms with Crippen molar-refractivity contribution in [1.82, 2.24) is 9.38 Å². The Labute approximate surface area is 118 Å². The average Bonchev–Trinajstić information content (AvgIpc) is 2.68. The van der Waals surface area contributed by atoms with Crippen LogP contribution in [0.25, 0.3) is 16.9 Å². The minimum atomic E-state index is -0.440. The summed E-state index contributed by atoms with van der Waals surface area (Å²) in [6.45, 7) is 0. The second-order valence-electron chi connectivity index (χ2n) is 4.05. The van der Waals surface area contributed by atoms with Gasteiger partial charge in [0.05, 0.1) is 5.02 Å². The molecular formula is C13H8Cl2FN3. The molecule has 96 valence electrons. The van der Waals surface area contributed by atoms with Gasteiger partial charge in [-0.25, -0.2) is 9.37 Å². The smallest absolute Gasteiger partial charge is 0.157 e. The van der Waals surface area contributed by atoms with Crippen LogP contribution in [0.4, 0.5) is 10.2 Å². The first-order valence-corrected chi connectivity index (χ1v) is 6.20. The van der Waals surface area contributed by atoms with Crippen LogP contribution in [-0.2, 0) is 0 Å². The summed E-state index contributed by atoms with van der Waals surface area (Å²) in [5.41, 5.74) is 7.51. The second kappa shape index (κ2) is 4.40. The van der Waals surface area contributed by atoms with Gasteiger partial charge in [-0.2, -0.15) is 0 Å². The molecular weight excluding hydrogens is 288 g/mol. The van der Waals surface area contributed by atoms with Crippen molar-refractivity contribution in [2.45, 2.75) is 0 Å². The van der Waals surface area contributed by atoms with Crippen molar-refractivity contribution >= 4 is 34.7 Å². The van der Waals surface area contributed by atoms with Crippen LogP contribution in [0.3, 0.4) is 0 Å². The molecule has 19 heavy (non-hydrogen) atoms. The molecule has 0 aliphatic rings.